The Balaban J connectivity index is 2.47. The van der Waals surface area contributed by atoms with Gasteiger partial charge in [-0.05, 0) is 31.0 Å². The Morgan fingerprint density at radius 1 is 1.05 bits per heavy atom. The SMILES string of the molecule is CCCN(CC)CCNC(c1ccccc1)C(C)C. The van der Waals surface area contributed by atoms with E-state index in [-0.39, 0.29) is 0 Å². The van der Waals surface area contributed by atoms with Crippen LogP contribution in [-0.4, -0.2) is 31.1 Å². The van der Waals surface area contributed by atoms with E-state index in [0.29, 0.717) is 12.0 Å². The fourth-order valence-electron chi connectivity index (χ4n) is 2.52. The van der Waals surface area contributed by atoms with Crippen molar-refractivity contribution in [1.82, 2.24) is 10.2 Å². The predicted molar refractivity (Wildman–Crippen MR) is 84.4 cm³/mol. The van der Waals surface area contributed by atoms with Gasteiger partial charge in [-0.3, -0.25) is 0 Å². The van der Waals surface area contributed by atoms with Crippen LogP contribution in [-0.2, 0) is 0 Å². The molecule has 0 saturated heterocycles. The van der Waals surface area contributed by atoms with Gasteiger partial charge in [0.25, 0.3) is 0 Å². The highest BCUT2D eigenvalue weighted by Crippen LogP contribution is 2.20. The molecule has 0 aliphatic carbocycles. The fraction of sp³-hybridized carbons (Fsp3) is 0.647. The number of likely N-dealkylation sites (N-methyl/N-ethyl adjacent to an activating group) is 1. The summed E-state index contributed by atoms with van der Waals surface area (Å²) in [4.78, 5) is 2.51. The van der Waals surface area contributed by atoms with E-state index in [9.17, 15) is 0 Å². The summed E-state index contributed by atoms with van der Waals surface area (Å²) >= 11 is 0. The monoisotopic (exact) mass is 262 g/mol. The third-order valence-corrected chi connectivity index (χ3v) is 3.60. The topological polar surface area (TPSA) is 15.3 Å². The molecule has 0 bridgehead atoms. The number of hydrogen-bond acceptors (Lipinski definition) is 2. The minimum atomic E-state index is 0.460. The van der Waals surface area contributed by atoms with Crippen molar-refractivity contribution in [2.75, 3.05) is 26.2 Å². The van der Waals surface area contributed by atoms with E-state index >= 15 is 0 Å². The average molecular weight is 262 g/mol. The fourth-order valence-corrected chi connectivity index (χ4v) is 2.52. The number of benzene rings is 1. The molecule has 0 heterocycles. The molecule has 1 unspecified atom stereocenters. The van der Waals surface area contributed by atoms with Crippen LogP contribution in [0.15, 0.2) is 30.3 Å². The maximum absolute atomic E-state index is 3.72. The zero-order chi connectivity index (χ0) is 14.1. The van der Waals surface area contributed by atoms with E-state index in [1.807, 2.05) is 0 Å². The van der Waals surface area contributed by atoms with Crippen molar-refractivity contribution in [3.8, 4) is 0 Å². The highest BCUT2D eigenvalue weighted by Gasteiger charge is 2.14. The molecule has 19 heavy (non-hydrogen) atoms. The zero-order valence-corrected chi connectivity index (χ0v) is 13.0. The lowest BCUT2D eigenvalue weighted by molar-refractivity contribution is 0.275. The third kappa shape index (κ3) is 5.75. The van der Waals surface area contributed by atoms with Crippen LogP contribution in [0.2, 0.25) is 0 Å². The summed E-state index contributed by atoms with van der Waals surface area (Å²) in [7, 11) is 0. The van der Waals surface area contributed by atoms with E-state index in [4.69, 9.17) is 0 Å². The molecule has 0 saturated carbocycles. The normalized spacial score (nSPS) is 13.2. The molecular weight excluding hydrogens is 232 g/mol. The van der Waals surface area contributed by atoms with Gasteiger partial charge in [-0.25, -0.2) is 0 Å². The number of rotatable bonds is 9. The molecule has 0 amide bonds. The Labute approximate surface area is 119 Å². The van der Waals surface area contributed by atoms with Crippen LogP contribution in [0.25, 0.3) is 0 Å². The van der Waals surface area contributed by atoms with Crippen molar-refractivity contribution in [2.24, 2.45) is 5.92 Å². The summed E-state index contributed by atoms with van der Waals surface area (Å²) < 4.78 is 0. The summed E-state index contributed by atoms with van der Waals surface area (Å²) in [5.74, 6) is 0.614. The number of hydrogen-bond donors (Lipinski definition) is 1. The second-order valence-corrected chi connectivity index (χ2v) is 5.52. The van der Waals surface area contributed by atoms with Gasteiger partial charge in [0.1, 0.15) is 0 Å². The first-order valence-corrected chi connectivity index (χ1v) is 7.69. The second kappa shape index (κ2) is 9.11. The number of nitrogens with zero attached hydrogens (tertiary/aromatic N) is 1. The van der Waals surface area contributed by atoms with Gasteiger partial charge < -0.3 is 10.2 Å². The van der Waals surface area contributed by atoms with Crippen molar-refractivity contribution < 1.29 is 0 Å². The van der Waals surface area contributed by atoms with Crippen molar-refractivity contribution in [2.45, 2.75) is 40.2 Å². The molecule has 0 aliphatic heterocycles. The molecule has 1 aromatic rings. The van der Waals surface area contributed by atoms with Gasteiger partial charge in [-0.2, -0.15) is 0 Å². The van der Waals surface area contributed by atoms with E-state index in [1.54, 1.807) is 0 Å². The average Bonchev–Trinajstić information content (AvgIpc) is 2.42. The molecule has 0 fully saturated rings. The van der Waals surface area contributed by atoms with Gasteiger partial charge >= 0.3 is 0 Å². The molecule has 2 heteroatoms. The van der Waals surface area contributed by atoms with Gasteiger partial charge in [-0.15, -0.1) is 0 Å². The second-order valence-electron chi connectivity index (χ2n) is 5.52. The van der Waals surface area contributed by atoms with Crippen LogP contribution in [0.5, 0.6) is 0 Å². The van der Waals surface area contributed by atoms with Crippen LogP contribution in [0.1, 0.15) is 45.7 Å². The highest BCUT2D eigenvalue weighted by atomic mass is 15.1. The minimum absolute atomic E-state index is 0.460. The lowest BCUT2D eigenvalue weighted by Gasteiger charge is -2.25. The molecule has 2 nitrogen and oxygen atoms in total. The van der Waals surface area contributed by atoms with Gasteiger partial charge in [0.05, 0.1) is 0 Å². The maximum Gasteiger partial charge on any atom is 0.0343 e. The molecule has 1 aromatic carbocycles. The Bertz CT molecular complexity index is 321. The molecule has 0 spiro atoms. The van der Waals surface area contributed by atoms with Gasteiger partial charge in [0.15, 0.2) is 0 Å². The summed E-state index contributed by atoms with van der Waals surface area (Å²) in [6, 6.07) is 11.2. The zero-order valence-electron chi connectivity index (χ0n) is 13.0. The van der Waals surface area contributed by atoms with E-state index in [2.05, 4.69) is 68.2 Å². The Morgan fingerprint density at radius 3 is 2.26 bits per heavy atom. The lowest BCUT2D eigenvalue weighted by atomic mass is 9.96. The van der Waals surface area contributed by atoms with Crippen molar-refractivity contribution in [3.05, 3.63) is 35.9 Å². The smallest absolute Gasteiger partial charge is 0.0343 e. The first kappa shape index (κ1) is 16.2. The van der Waals surface area contributed by atoms with Crippen LogP contribution >= 0.6 is 0 Å². The summed E-state index contributed by atoms with van der Waals surface area (Å²) in [5.41, 5.74) is 1.40. The maximum atomic E-state index is 3.72. The quantitative estimate of drug-likeness (QED) is 0.730. The Morgan fingerprint density at radius 2 is 1.74 bits per heavy atom. The standard InChI is InChI=1S/C17H30N2/c1-5-13-19(6-2)14-12-18-17(15(3)4)16-10-8-7-9-11-16/h7-11,15,17-18H,5-6,12-14H2,1-4H3. The Kier molecular flexibility index (Phi) is 7.76. The third-order valence-electron chi connectivity index (χ3n) is 3.60. The first-order valence-electron chi connectivity index (χ1n) is 7.69. The highest BCUT2D eigenvalue weighted by molar-refractivity contribution is 5.19. The Hall–Kier alpha value is -0.860. The van der Waals surface area contributed by atoms with Gasteiger partial charge in [0, 0.05) is 19.1 Å². The summed E-state index contributed by atoms with van der Waals surface area (Å²) in [6.45, 7) is 13.6. The molecule has 0 aromatic heterocycles. The molecular formula is C17H30N2. The van der Waals surface area contributed by atoms with E-state index in [0.717, 1.165) is 19.6 Å². The van der Waals surface area contributed by atoms with E-state index in [1.165, 1.54) is 18.5 Å². The van der Waals surface area contributed by atoms with Crippen LogP contribution in [0.3, 0.4) is 0 Å². The summed E-state index contributed by atoms with van der Waals surface area (Å²) in [6.07, 6.45) is 1.24. The number of nitrogens with one attached hydrogen (secondary N) is 1. The molecule has 1 atom stereocenters. The minimum Gasteiger partial charge on any atom is -0.308 e. The van der Waals surface area contributed by atoms with Crippen LogP contribution < -0.4 is 5.32 Å². The predicted octanol–water partition coefficient (Wildman–Crippen LogP) is 3.71. The van der Waals surface area contributed by atoms with Crippen molar-refractivity contribution >= 4 is 0 Å². The summed E-state index contributed by atoms with van der Waals surface area (Å²) in [5, 5.41) is 3.72. The van der Waals surface area contributed by atoms with Gasteiger partial charge in [-0.1, -0.05) is 58.0 Å². The molecule has 1 N–H and O–H groups in total. The van der Waals surface area contributed by atoms with Crippen LogP contribution in [0, 0.1) is 5.92 Å². The first-order chi connectivity index (χ1) is 9.19. The van der Waals surface area contributed by atoms with Crippen molar-refractivity contribution in [3.63, 3.8) is 0 Å². The van der Waals surface area contributed by atoms with Crippen LogP contribution in [0.4, 0.5) is 0 Å². The largest absolute Gasteiger partial charge is 0.308 e. The molecule has 1 rings (SSSR count). The van der Waals surface area contributed by atoms with Crippen molar-refractivity contribution in [1.29, 1.82) is 0 Å². The van der Waals surface area contributed by atoms with E-state index < -0.39 is 0 Å². The van der Waals surface area contributed by atoms with Gasteiger partial charge in [0.2, 0.25) is 0 Å². The lowest BCUT2D eigenvalue weighted by Crippen LogP contribution is -2.35. The molecule has 0 radical (unpaired) electrons. The molecule has 0 aliphatic rings. The molecule has 108 valence electrons.